The standard InChI is InChI=1S/C30H37N7O6/c1-40-25-8-4-7-23(25)33-24-13-26(32-15-21(24)14-31)34-30(39)37-9-5-6-19-12-20(16-36-10-11-43-18-22(36)17-38)27(35-28(19)37)29(41-2)42-3/h12-13,15,23,25,29H,4-11,16,18H2,1-3H3,(H2,32,33,34,39)/t23-,25-/m1/s1. The molecule has 1 aliphatic carbocycles. The first-order valence-electron chi connectivity index (χ1n) is 14.4. The molecule has 2 aromatic rings. The molecule has 4 heterocycles. The molecule has 0 bridgehead atoms. The fourth-order valence-electron chi connectivity index (χ4n) is 5.93. The highest BCUT2D eigenvalue weighted by molar-refractivity contribution is 6.01. The van der Waals surface area contributed by atoms with Crippen molar-refractivity contribution in [2.24, 2.45) is 0 Å². The van der Waals surface area contributed by atoms with Crippen molar-refractivity contribution in [1.29, 1.82) is 5.26 Å². The van der Waals surface area contributed by atoms with Crippen LogP contribution < -0.4 is 15.5 Å². The quantitative estimate of drug-likeness (QED) is 0.327. The second-order valence-corrected chi connectivity index (χ2v) is 10.7. The Kier molecular flexibility index (Phi) is 9.86. The molecule has 5 rings (SSSR count). The maximum Gasteiger partial charge on any atom is 0.328 e. The predicted octanol–water partition coefficient (Wildman–Crippen LogP) is 3.15. The molecule has 0 aromatic carbocycles. The Bertz CT molecular complexity index is 1420. The summed E-state index contributed by atoms with van der Waals surface area (Å²) in [5.74, 6) is 2.81. The summed E-state index contributed by atoms with van der Waals surface area (Å²) in [6.07, 6.45) is 5.11. The van der Waals surface area contributed by atoms with E-state index in [0.717, 1.165) is 43.2 Å². The lowest BCUT2D eigenvalue weighted by molar-refractivity contribution is -0.109. The van der Waals surface area contributed by atoms with Gasteiger partial charge >= 0.3 is 6.03 Å². The largest absolute Gasteiger partial charge is 0.379 e. The molecule has 2 N–H and O–H groups in total. The lowest BCUT2D eigenvalue weighted by Crippen LogP contribution is -2.40. The maximum absolute atomic E-state index is 13.6. The van der Waals surface area contributed by atoms with E-state index in [4.69, 9.17) is 23.9 Å². The van der Waals surface area contributed by atoms with Crippen molar-refractivity contribution < 1.29 is 28.5 Å². The number of rotatable bonds is 9. The SMILES string of the molecule is COC(OC)c1nc2c(cc1CN1CCOCC1=C=O)CCCN2C(=O)Nc1cc(N[C@@H]2CCC[C@H]2OC)c(C#N)cn1. The van der Waals surface area contributed by atoms with Crippen molar-refractivity contribution in [1.82, 2.24) is 14.9 Å². The summed E-state index contributed by atoms with van der Waals surface area (Å²) in [6, 6.07) is 5.54. The van der Waals surface area contributed by atoms with E-state index in [0.29, 0.717) is 60.5 Å². The van der Waals surface area contributed by atoms with E-state index in [2.05, 4.69) is 21.7 Å². The second-order valence-electron chi connectivity index (χ2n) is 10.7. The van der Waals surface area contributed by atoms with Crippen LogP contribution in [0.25, 0.3) is 0 Å². The molecule has 2 aliphatic heterocycles. The minimum absolute atomic E-state index is 0.0556. The van der Waals surface area contributed by atoms with Crippen LogP contribution in [0.1, 0.15) is 54.4 Å². The number of urea groups is 1. The van der Waals surface area contributed by atoms with Crippen LogP contribution in [0.2, 0.25) is 0 Å². The first kappa shape index (κ1) is 30.4. The maximum atomic E-state index is 13.6. The third-order valence-electron chi connectivity index (χ3n) is 8.13. The number of hydrogen-bond acceptors (Lipinski definition) is 11. The molecule has 43 heavy (non-hydrogen) atoms. The molecule has 2 aromatic heterocycles. The number of carbonyl (C=O) groups is 1. The molecular weight excluding hydrogens is 554 g/mol. The average Bonchev–Trinajstić information content (AvgIpc) is 3.49. The van der Waals surface area contributed by atoms with Crippen molar-refractivity contribution in [2.45, 2.75) is 57.1 Å². The molecule has 0 unspecified atom stereocenters. The van der Waals surface area contributed by atoms with Gasteiger partial charge in [0.05, 0.1) is 36.6 Å². The van der Waals surface area contributed by atoms with Crippen LogP contribution in [0.5, 0.6) is 0 Å². The molecule has 13 nitrogen and oxygen atoms in total. The zero-order valence-corrected chi connectivity index (χ0v) is 24.7. The summed E-state index contributed by atoms with van der Waals surface area (Å²) in [4.78, 5) is 37.9. The van der Waals surface area contributed by atoms with Crippen molar-refractivity contribution >= 4 is 29.3 Å². The van der Waals surface area contributed by atoms with Gasteiger partial charge in [-0.1, -0.05) is 0 Å². The van der Waals surface area contributed by atoms with Crippen LogP contribution in [0.3, 0.4) is 0 Å². The van der Waals surface area contributed by atoms with E-state index in [-0.39, 0.29) is 18.8 Å². The molecule has 1 saturated carbocycles. The fourth-order valence-corrected chi connectivity index (χ4v) is 5.93. The zero-order valence-electron chi connectivity index (χ0n) is 24.7. The molecule has 0 radical (unpaired) electrons. The Hall–Kier alpha value is -4.05. The van der Waals surface area contributed by atoms with Crippen LogP contribution in [-0.4, -0.2) is 86.6 Å². The summed E-state index contributed by atoms with van der Waals surface area (Å²) in [6.45, 7) is 2.10. The van der Waals surface area contributed by atoms with Crippen molar-refractivity contribution in [3.8, 4) is 6.07 Å². The Morgan fingerprint density at radius 3 is 2.79 bits per heavy atom. The lowest BCUT2D eigenvalue weighted by Gasteiger charge is -2.33. The number of pyridine rings is 2. The van der Waals surface area contributed by atoms with Gasteiger partial charge in [0.15, 0.2) is 0 Å². The Balaban J connectivity index is 1.41. The molecule has 2 fully saturated rings. The number of ether oxygens (including phenoxy) is 4. The van der Waals surface area contributed by atoms with Crippen molar-refractivity contribution in [3.63, 3.8) is 0 Å². The number of nitrogens with one attached hydrogen (secondary N) is 2. The first-order chi connectivity index (χ1) is 21.0. The Labute approximate surface area is 250 Å². The molecule has 2 amide bonds. The van der Waals surface area contributed by atoms with Gasteiger partial charge < -0.3 is 29.2 Å². The molecule has 1 saturated heterocycles. The van der Waals surface area contributed by atoms with Gasteiger partial charge in [-0.3, -0.25) is 10.2 Å². The number of fused-ring (bicyclic) bond motifs is 1. The Morgan fingerprint density at radius 1 is 1.21 bits per heavy atom. The number of methoxy groups -OCH3 is 3. The van der Waals surface area contributed by atoms with Crippen LogP contribution >= 0.6 is 0 Å². The van der Waals surface area contributed by atoms with Gasteiger partial charge in [-0.15, -0.1) is 0 Å². The number of nitriles is 1. The molecule has 13 heteroatoms. The topological polar surface area (TPSA) is 151 Å². The van der Waals surface area contributed by atoms with Crippen LogP contribution in [0.15, 0.2) is 24.0 Å². The van der Waals surface area contributed by atoms with E-state index in [9.17, 15) is 14.9 Å². The highest BCUT2D eigenvalue weighted by atomic mass is 16.7. The van der Waals surface area contributed by atoms with Crippen LogP contribution in [0.4, 0.5) is 22.1 Å². The van der Waals surface area contributed by atoms with Crippen molar-refractivity contribution in [2.75, 3.05) is 63.2 Å². The van der Waals surface area contributed by atoms with Crippen LogP contribution in [-0.2, 0) is 36.7 Å². The van der Waals surface area contributed by atoms with Gasteiger partial charge in [0.1, 0.15) is 35.0 Å². The average molecular weight is 592 g/mol. The summed E-state index contributed by atoms with van der Waals surface area (Å²) < 4.78 is 22.2. The van der Waals surface area contributed by atoms with E-state index in [1.165, 1.54) is 20.4 Å². The molecule has 228 valence electrons. The molecular formula is C30H37N7O6. The van der Waals surface area contributed by atoms with E-state index >= 15 is 0 Å². The van der Waals surface area contributed by atoms with Crippen LogP contribution in [0, 0.1) is 11.3 Å². The number of amides is 2. The predicted molar refractivity (Wildman–Crippen MR) is 157 cm³/mol. The van der Waals surface area contributed by atoms with Gasteiger partial charge in [0.25, 0.3) is 0 Å². The van der Waals surface area contributed by atoms with E-state index in [1.807, 2.05) is 16.9 Å². The highest BCUT2D eigenvalue weighted by Gasteiger charge is 2.31. The van der Waals surface area contributed by atoms with E-state index in [1.54, 1.807) is 18.1 Å². The number of aryl methyl sites for hydroxylation is 1. The second kappa shape index (κ2) is 13.9. The van der Waals surface area contributed by atoms with Gasteiger partial charge in [-0.2, -0.15) is 5.26 Å². The number of morpholine rings is 1. The fraction of sp³-hybridized carbons (Fsp3) is 0.533. The number of carbonyl (C=O) groups excluding carboxylic acids is 2. The number of nitrogens with zero attached hydrogens (tertiary/aromatic N) is 5. The number of anilines is 3. The Morgan fingerprint density at radius 2 is 2.05 bits per heavy atom. The number of hydrogen-bond donors (Lipinski definition) is 2. The smallest absolute Gasteiger partial charge is 0.328 e. The molecule has 0 spiro atoms. The molecule has 3 aliphatic rings. The normalized spacial score (nSPS) is 20.0. The van der Waals surface area contributed by atoms with E-state index < -0.39 is 12.3 Å². The summed E-state index contributed by atoms with van der Waals surface area (Å²) in [7, 11) is 4.74. The summed E-state index contributed by atoms with van der Waals surface area (Å²) in [5, 5.41) is 16.0. The lowest BCUT2D eigenvalue weighted by atomic mass is 10.0. The van der Waals surface area contributed by atoms with Gasteiger partial charge in [0.2, 0.25) is 6.29 Å². The summed E-state index contributed by atoms with van der Waals surface area (Å²) >= 11 is 0. The minimum atomic E-state index is -0.780. The first-order valence-corrected chi connectivity index (χ1v) is 14.4. The van der Waals surface area contributed by atoms with Gasteiger partial charge in [0, 0.05) is 53.2 Å². The van der Waals surface area contributed by atoms with Crippen molar-refractivity contribution in [3.05, 3.63) is 46.4 Å². The van der Waals surface area contributed by atoms with Gasteiger partial charge in [-0.05, 0) is 49.3 Å². The number of aromatic nitrogens is 2. The monoisotopic (exact) mass is 591 g/mol. The van der Waals surface area contributed by atoms with Gasteiger partial charge in [-0.25, -0.2) is 19.6 Å². The molecule has 2 atom stereocenters. The minimum Gasteiger partial charge on any atom is -0.379 e. The summed E-state index contributed by atoms with van der Waals surface area (Å²) in [5.41, 5.74) is 3.68. The zero-order chi connectivity index (χ0) is 30.3. The highest BCUT2D eigenvalue weighted by Crippen LogP contribution is 2.33. The third-order valence-corrected chi connectivity index (χ3v) is 8.13. The third kappa shape index (κ3) is 6.64.